The Kier molecular flexibility index (Phi) is 5.33. The van der Waals surface area contributed by atoms with Crippen LogP contribution in [-0.2, 0) is 4.74 Å². The van der Waals surface area contributed by atoms with E-state index in [2.05, 4.69) is 0 Å². The number of nitrogens with zero attached hydrogens (tertiary/aromatic N) is 1. The summed E-state index contributed by atoms with van der Waals surface area (Å²) in [5.41, 5.74) is 0.597. The minimum atomic E-state index is -0.669. The highest BCUT2D eigenvalue weighted by Gasteiger charge is 2.19. The molecular weight excluding hydrogens is 321 g/mol. The van der Waals surface area contributed by atoms with Crippen LogP contribution in [0.5, 0.6) is 0 Å². The molecule has 7 heteroatoms. The first-order valence-corrected chi connectivity index (χ1v) is 7.93. The predicted octanol–water partition coefficient (Wildman–Crippen LogP) is 4.37. The van der Waals surface area contributed by atoms with Crippen molar-refractivity contribution in [2.45, 2.75) is 17.9 Å². The number of carbonyl (C=O) groups excluding carboxylic acids is 1. The molecule has 0 aromatic heterocycles. The third kappa shape index (κ3) is 4.07. The molecule has 23 heavy (non-hydrogen) atoms. The Balaban J connectivity index is 2.18. The molecule has 0 aliphatic rings. The lowest BCUT2D eigenvalue weighted by Crippen LogP contribution is -2.10. The summed E-state index contributed by atoms with van der Waals surface area (Å²) in [5.74, 6) is -1.05. The van der Waals surface area contributed by atoms with Gasteiger partial charge in [-0.3, -0.25) is 10.1 Å². The lowest BCUT2D eigenvalue weighted by Gasteiger charge is -2.13. The lowest BCUT2D eigenvalue weighted by molar-refractivity contribution is -0.387. The molecule has 0 aliphatic heterocycles. The summed E-state index contributed by atoms with van der Waals surface area (Å²) in [7, 11) is 0. The maximum Gasteiger partial charge on any atom is 0.338 e. The molecule has 0 unspecified atom stereocenters. The summed E-state index contributed by atoms with van der Waals surface area (Å²) in [5, 5.41) is 11.0. The number of thioether (sulfide) groups is 1. The molecule has 0 saturated carbocycles. The number of esters is 1. The Morgan fingerprint density at radius 3 is 2.48 bits per heavy atom. The monoisotopic (exact) mass is 335 g/mol. The van der Waals surface area contributed by atoms with Gasteiger partial charge in [0.25, 0.3) is 5.69 Å². The molecule has 0 N–H and O–H groups in total. The maximum atomic E-state index is 12.9. The van der Waals surface area contributed by atoms with Crippen molar-refractivity contribution in [2.75, 3.05) is 6.26 Å². The fourth-order valence-electron chi connectivity index (χ4n) is 1.99. The SMILES string of the molecule is CSc1ccc(C(=O)O[C@H](C)c2ccc(F)cc2)cc1[N+](=O)[O-]. The van der Waals surface area contributed by atoms with Gasteiger partial charge >= 0.3 is 5.97 Å². The van der Waals surface area contributed by atoms with Crippen LogP contribution >= 0.6 is 11.8 Å². The molecule has 0 bridgehead atoms. The fraction of sp³-hybridized carbons (Fsp3) is 0.188. The van der Waals surface area contributed by atoms with Crippen LogP contribution in [0.25, 0.3) is 0 Å². The average Bonchev–Trinajstić information content (AvgIpc) is 2.54. The number of halogens is 1. The molecule has 0 saturated heterocycles. The topological polar surface area (TPSA) is 69.4 Å². The molecule has 0 spiro atoms. The van der Waals surface area contributed by atoms with Gasteiger partial charge in [-0.2, -0.15) is 0 Å². The van der Waals surface area contributed by atoms with Crippen molar-refractivity contribution in [1.29, 1.82) is 0 Å². The third-order valence-electron chi connectivity index (χ3n) is 3.23. The zero-order valence-electron chi connectivity index (χ0n) is 12.5. The van der Waals surface area contributed by atoms with E-state index in [1.807, 2.05) is 0 Å². The van der Waals surface area contributed by atoms with Crippen molar-refractivity contribution in [2.24, 2.45) is 0 Å². The van der Waals surface area contributed by atoms with Crippen LogP contribution in [0, 0.1) is 15.9 Å². The second kappa shape index (κ2) is 7.23. The maximum absolute atomic E-state index is 12.9. The largest absolute Gasteiger partial charge is 0.454 e. The molecule has 2 aromatic rings. The van der Waals surface area contributed by atoms with Gasteiger partial charge < -0.3 is 4.74 Å². The van der Waals surface area contributed by atoms with Gasteiger partial charge in [-0.05, 0) is 43.0 Å². The molecule has 0 amide bonds. The predicted molar refractivity (Wildman–Crippen MR) is 85.1 cm³/mol. The molecule has 0 fully saturated rings. The van der Waals surface area contributed by atoms with Crippen molar-refractivity contribution in [3.63, 3.8) is 0 Å². The lowest BCUT2D eigenvalue weighted by atomic mass is 10.1. The molecule has 120 valence electrons. The number of rotatable bonds is 5. The summed E-state index contributed by atoms with van der Waals surface area (Å²) >= 11 is 1.23. The summed E-state index contributed by atoms with van der Waals surface area (Å²) in [4.78, 5) is 23.1. The molecule has 2 rings (SSSR count). The average molecular weight is 335 g/mol. The van der Waals surface area contributed by atoms with E-state index in [4.69, 9.17) is 4.74 Å². The van der Waals surface area contributed by atoms with Gasteiger partial charge in [-0.25, -0.2) is 9.18 Å². The quantitative estimate of drug-likeness (QED) is 0.351. The van der Waals surface area contributed by atoms with Crippen molar-refractivity contribution < 1.29 is 18.8 Å². The Hall–Kier alpha value is -2.41. The van der Waals surface area contributed by atoms with Gasteiger partial charge in [0.05, 0.1) is 15.4 Å². The van der Waals surface area contributed by atoms with Crippen LogP contribution in [0.4, 0.5) is 10.1 Å². The molecule has 0 heterocycles. The Morgan fingerprint density at radius 1 is 1.26 bits per heavy atom. The first kappa shape index (κ1) is 17.0. The van der Waals surface area contributed by atoms with Crippen LogP contribution in [0.2, 0.25) is 0 Å². The van der Waals surface area contributed by atoms with E-state index in [0.717, 1.165) is 0 Å². The minimum Gasteiger partial charge on any atom is -0.454 e. The number of nitro groups is 1. The summed E-state index contributed by atoms with van der Waals surface area (Å²) in [6.45, 7) is 1.65. The smallest absolute Gasteiger partial charge is 0.338 e. The number of benzene rings is 2. The Labute approximate surface area is 136 Å². The van der Waals surface area contributed by atoms with Crippen molar-refractivity contribution >= 4 is 23.4 Å². The summed E-state index contributed by atoms with van der Waals surface area (Å²) in [6.07, 6.45) is 1.12. The molecule has 2 aromatic carbocycles. The molecule has 5 nitrogen and oxygen atoms in total. The highest BCUT2D eigenvalue weighted by molar-refractivity contribution is 7.98. The fourth-order valence-corrected chi connectivity index (χ4v) is 2.54. The van der Waals surface area contributed by atoms with E-state index in [9.17, 15) is 19.3 Å². The second-order valence-electron chi connectivity index (χ2n) is 4.74. The van der Waals surface area contributed by atoms with Crippen molar-refractivity contribution in [3.8, 4) is 0 Å². The highest BCUT2D eigenvalue weighted by atomic mass is 32.2. The van der Waals surface area contributed by atoms with Crippen LogP contribution in [0.3, 0.4) is 0 Å². The molecular formula is C16H14FNO4S. The third-order valence-corrected chi connectivity index (χ3v) is 4.02. The first-order valence-electron chi connectivity index (χ1n) is 6.71. The van der Waals surface area contributed by atoms with E-state index in [1.54, 1.807) is 13.2 Å². The number of hydrogen-bond donors (Lipinski definition) is 0. The van der Waals surface area contributed by atoms with Crippen LogP contribution < -0.4 is 0 Å². The van der Waals surface area contributed by atoms with Crippen LogP contribution in [-0.4, -0.2) is 17.1 Å². The number of nitro benzene ring substituents is 1. The molecule has 0 radical (unpaired) electrons. The van der Waals surface area contributed by atoms with Gasteiger partial charge in [0, 0.05) is 6.07 Å². The van der Waals surface area contributed by atoms with Gasteiger partial charge in [0.1, 0.15) is 11.9 Å². The number of carbonyl (C=O) groups is 1. The van der Waals surface area contributed by atoms with Crippen molar-refractivity contribution in [1.82, 2.24) is 0 Å². The minimum absolute atomic E-state index is 0.100. The van der Waals surface area contributed by atoms with E-state index >= 15 is 0 Å². The molecule has 1 atom stereocenters. The van der Waals surface area contributed by atoms with E-state index in [1.165, 1.54) is 54.2 Å². The van der Waals surface area contributed by atoms with Gasteiger partial charge in [-0.15, -0.1) is 11.8 Å². The van der Waals surface area contributed by atoms with Gasteiger partial charge in [-0.1, -0.05) is 12.1 Å². The second-order valence-corrected chi connectivity index (χ2v) is 5.59. The van der Waals surface area contributed by atoms with Gasteiger partial charge in [0.2, 0.25) is 0 Å². The number of hydrogen-bond acceptors (Lipinski definition) is 5. The van der Waals surface area contributed by atoms with Crippen LogP contribution in [0.15, 0.2) is 47.4 Å². The van der Waals surface area contributed by atoms with Crippen LogP contribution in [0.1, 0.15) is 28.9 Å². The summed E-state index contributed by atoms with van der Waals surface area (Å²) < 4.78 is 18.2. The standard InChI is InChI=1S/C16H14FNO4S/c1-10(11-3-6-13(17)7-4-11)22-16(19)12-5-8-15(23-2)14(9-12)18(20)21/h3-10H,1-2H3/t10-/m1/s1. The van der Waals surface area contributed by atoms with E-state index < -0.39 is 17.0 Å². The Morgan fingerprint density at radius 2 is 1.91 bits per heavy atom. The number of ether oxygens (including phenoxy) is 1. The van der Waals surface area contributed by atoms with Crippen molar-refractivity contribution in [3.05, 3.63) is 69.5 Å². The Bertz CT molecular complexity index is 733. The van der Waals surface area contributed by atoms with E-state index in [-0.39, 0.29) is 17.1 Å². The zero-order valence-corrected chi connectivity index (χ0v) is 13.3. The normalized spacial score (nSPS) is 11.8. The first-order chi connectivity index (χ1) is 10.9. The summed E-state index contributed by atoms with van der Waals surface area (Å²) in [6, 6.07) is 9.79. The van der Waals surface area contributed by atoms with E-state index in [0.29, 0.717) is 10.5 Å². The highest BCUT2D eigenvalue weighted by Crippen LogP contribution is 2.29. The van der Waals surface area contributed by atoms with Gasteiger partial charge in [0.15, 0.2) is 0 Å². The zero-order chi connectivity index (χ0) is 17.0. The molecule has 0 aliphatic carbocycles.